The fourth-order valence-corrected chi connectivity index (χ4v) is 0.392. The summed E-state index contributed by atoms with van der Waals surface area (Å²) in [5, 5.41) is 6.96. The van der Waals surface area contributed by atoms with Crippen LogP contribution in [0.4, 0.5) is 0 Å². The molecule has 0 aliphatic carbocycles. The van der Waals surface area contributed by atoms with Crippen molar-refractivity contribution in [2.75, 3.05) is 7.05 Å². The van der Waals surface area contributed by atoms with Crippen molar-refractivity contribution in [2.45, 2.75) is 0 Å². The SMILES string of the molecule is CNN/C(Cl)=C\C=N. The van der Waals surface area contributed by atoms with Gasteiger partial charge in [0.25, 0.3) is 0 Å². The molecule has 0 spiro atoms. The number of hydrogen-bond donors (Lipinski definition) is 3. The van der Waals surface area contributed by atoms with Gasteiger partial charge in [-0.3, -0.25) is 0 Å². The van der Waals surface area contributed by atoms with Crippen molar-refractivity contribution in [2.24, 2.45) is 0 Å². The van der Waals surface area contributed by atoms with Gasteiger partial charge in [0, 0.05) is 13.3 Å². The predicted octanol–water partition coefficient (Wildman–Crippen LogP) is 0.440. The van der Waals surface area contributed by atoms with E-state index in [0.717, 1.165) is 6.21 Å². The van der Waals surface area contributed by atoms with E-state index in [1.165, 1.54) is 6.08 Å². The quantitative estimate of drug-likeness (QED) is 0.297. The zero-order valence-corrected chi connectivity index (χ0v) is 5.29. The van der Waals surface area contributed by atoms with Gasteiger partial charge in [0.05, 0.1) is 0 Å². The van der Waals surface area contributed by atoms with Gasteiger partial charge in [-0.2, -0.15) is 0 Å². The minimum absolute atomic E-state index is 0.405. The van der Waals surface area contributed by atoms with Crippen molar-refractivity contribution >= 4 is 17.8 Å². The lowest BCUT2D eigenvalue weighted by atomic mass is 10.7. The van der Waals surface area contributed by atoms with Crippen LogP contribution in [0.15, 0.2) is 11.2 Å². The molecule has 0 atom stereocenters. The monoisotopic (exact) mass is 133 g/mol. The van der Waals surface area contributed by atoms with Gasteiger partial charge >= 0.3 is 0 Å². The molecule has 0 unspecified atom stereocenters. The predicted molar refractivity (Wildman–Crippen MR) is 34.9 cm³/mol. The fourth-order valence-electron chi connectivity index (χ4n) is 0.234. The number of hydrogen-bond acceptors (Lipinski definition) is 3. The Bertz CT molecular complexity index is 99.5. The summed E-state index contributed by atoms with van der Waals surface area (Å²) in [6.45, 7) is 0. The van der Waals surface area contributed by atoms with Crippen LogP contribution in [0.1, 0.15) is 0 Å². The largest absolute Gasteiger partial charge is 0.312 e. The summed E-state index contributed by atoms with van der Waals surface area (Å²) in [6, 6.07) is 0. The van der Waals surface area contributed by atoms with Crippen LogP contribution in [0.5, 0.6) is 0 Å². The van der Waals surface area contributed by atoms with Crippen molar-refractivity contribution in [3.8, 4) is 0 Å². The zero-order valence-electron chi connectivity index (χ0n) is 4.53. The van der Waals surface area contributed by atoms with E-state index in [9.17, 15) is 0 Å². The lowest BCUT2D eigenvalue weighted by molar-refractivity contribution is 0.719. The van der Waals surface area contributed by atoms with E-state index in [1.807, 2.05) is 0 Å². The highest BCUT2D eigenvalue weighted by molar-refractivity contribution is 6.30. The second-order valence-electron chi connectivity index (χ2n) is 1.06. The number of allylic oxidation sites excluding steroid dienone is 1. The van der Waals surface area contributed by atoms with Crippen LogP contribution in [0.3, 0.4) is 0 Å². The van der Waals surface area contributed by atoms with Crippen molar-refractivity contribution in [3.05, 3.63) is 11.2 Å². The topological polar surface area (TPSA) is 47.9 Å². The van der Waals surface area contributed by atoms with Crippen LogP contribution < -0.4 is 10.9 Å². The lowest BCUT2D eigenvalue weighted by Crippen LogP contribution is -2.24. The zero-order chi connectivity index (χ0) is 6.41. The standard InChI is InChI=1S/C4H8ClN3/c1-7-8-4(5)2-3-6/h2-3,6-8H,1H3/b4-2-,6-3?. The third-order valence-corrected chi connectivity index (χ3v) is 0.695. The molecular formula is C4H8ClN3. The molecule has 8 heavy (non-hydrogen) atoms. The van der Waals surface area contributed by atoms with Gasteiger partial charge in [-0.05, 0) is 6.08 Å². The van der Waals surface area contributed by atoms with Crippen LogP contribution in [-0.4, -0.2) is 13.3 Å². The van der Waals surface area contributed by atoms with E-state index < -0.39 is 0 Å². The Morgan fingerprint density at radius 1 is 1.75 bits per heavy atom. The first-order valence-corrected chi connectivity index (χ1v) is 2.48. The van der Waals surface area contributed by atoms with Crippen LogP contribution >= 0.6 is 11.6 Å². The average molecular weight is 134 g/mol. The summed E-state index contributed by atoms with van der Waals surface area (Å²) in [5.74, 6) is 0. The Kier molecular flexibility index (Phi) is 4.30. The van der Waals surface area contributed by atoms with Gasteiger partial charge in [0.2, 0.25) is 0 Å². The van der Waals surface area contributed by atoms with Crippen molar-refractivity contribution in [3.63, 3.8) is 0 Å². The van der Waals surface area contributed by atoms with Crippen LogP contribution in [0, 0.1) is 5.41 Å². The maximum atomic E-state index is 6.56. The fraction of sp³-hybridized carbons (Fsp3) is 0.250. The average Bonchev–Trinajstić information content (AvgIpc) is 1.68. The number of rotatable bonds is 3. The number of halogens is 1. The summed E-state index contributed by atoms with van der Waals surface area (Å²) in [7, 11) is 1.69. The Balaban J connectivity index is 3.44. The highest BCUT2D eigenvalue weighted by atomic mass is 35.5. The van der Waals surface area contributed by atoms with Crippen molar-refractivity contribution in [1.82, 2.24) is 10.9 Å². The summed E-state index contributed by atoms with van der Waals surface area (Å²) < 4.78 is 0. The molecule has 0 aromatic rings. The molecule has 0 rings (SSSR count). The van der Waals surface area contributed by atoms with Crippen molar-refractivity contribution < 1.29 is 0 Å². The van der Waals surface area contributed by atoms with E-state index in [-0.39, 0.29) is 0 Å². The Morgan fingerprint density at radius 3 is 2.75 bits per heavy atom. The lowest BCUT2D eigenvalue weighted by Gasteiger charge is -1.97. The summed E-state index contributed by atoms with van der Waals surface area (Å²) >= 11 is 5.42. The van der Waals surface area contributed by atoms with Gasteiger partial charge < -0.3 is 10.8 Å². The molecule has 46 valence electrons. The molecule has 3 N–H and O–H groups in total. The van der Waals surface area contributed by atoms with Crippen LogP contribution in [-0.2, 0) is 0 Å². The smallest absolute Gasteiger partial charge is 0.117 e. The van der Waals surface area contributed by atoms with Gasteiger partial charge in [-0.1, -0.05) is 11.6 Å². The minimum atomic E-state index is 0.405. The third kappa shape index (κ3) is 3.64. The molecule has 0 amide bonds. The van der Waals surface area contributed by atoms with E-state index in [2.05, 4.69) is 10.9 Å². The van der Waals surface area contributed by atoms with E-state index >= 15 is 0 Å². The minimum Gasteiger partial charge on any atom is -0.312 e. The van der Waals surface area contributed by atoms with Crippen LogP contribution in [0.2, 0.25) is 0 Å². The highest BCUT2D eigenvalue weighted by Gasteiger charge is 1.80. The maximum absolute atomic E-state index is 6.56. The van der Waals surface area contributed by atoms with Crippen molar-refractivity contribution in [1.29, 1.82) is 5.41 Å². The second-order valence-corrected chi connectivity index (χ2v) is 1.46. The molecule has 0 saturated carbocycles. The summed E-state index contributed by atoms with van der Waals surface area (Å²) in [5.41, 5.74) is 5.17. The molecule has 0 fully saturated rings. The molecule has 0 bridgehead atoms. The molecular weight excluding hydrogens is 126 g/mol. The van der Waals surface area contributed by atoms with Gasteiger partial charge in [-0.15, -0.1) is 0 Å². The maximum Gasteiger partial charge on any atom is 0.117 e. The molecule has 0 aromatic carbocycles. The Morgan fingerprint density at radius 2 is 2.38 bits per heavy atom. The molecule has 3 nitrogen and oxygen atoms in total. The van der Waals surface area contributed by atoms with Gasteiger partial charge in [-0.25, -0.2) is 5.43 Å². The molecule has 0 heterocycles. The van der Waals surface area contributed by atoms with Gasteiger partial charge in [0.1, 0.15) is 5.16 Å². The molecule has 0 aromatic heterocycles. The Labute approximate surface area is 53.2 Å². The van der Waals surface area contributed by atoms with Gasteiger partial charge in [0.15, 0.2) is 0 Å². The first kappa shape index (κ1) is 7.46. The summed E-state index contributed by atoms with van der Waals surface area (Å²) in [6.07, 6.45) is 2.53. The molecule has 4 heteroatoms. The van der Waals surface area contributed by atoms with E-state index in [4.69, 9.17) is 17.0 Å². The molecule has 0 saturated heterocycles. The molecule has 0 radical (unpaired) electrons. The Hall–Kier alpha value is -0.540. The normalized spacial score (nSPS) is 11.0. The van der Waals surface area contributed by atoms with E-state index in [1.54, 1.807) is 7.05 Å². The summed E-state index contributed by atoms with van der Waals surface area (Å²) in [4.78, 5) is 0. The number of hydrazine groups is 1. The first-order valence-electron chi connectivity index (χ1n) is 2.10. The van der Waals surface area contributed by atoms with E-state index in [0.29, 0.717) is 5.16 Å². The molecule has 0 aliphatic heterocycles. The third-order valence-electron chi connectivity index (χ3n) is 0.474. The van der Waals surface area contributed by atoms with Crippen LogP contribution in [0.25, 0.3) is 0 Å². The first-order chi connectivity index (χ1) is 3.81. The highest BCUT2D eigenvalue weighted by Crippen LogP contribution is 1.89. The number of nitrogens with one attached hydrogen (secondary N) is 3. The molecule has 0 aliphatic rings. The second kappa shape index (κ2) is 4.61.